The van der Waals surface area contributed by atoms with Crippen molar-refractivity contribution in [2.24, 2.45) is 0 Å². The van der Waals surface area contributed by atoms with Crippen molar-refractivity contribution in [3.8, 4) is 17.2 Å². The summed E-state index contributed by atoms with van der Waals surface area (Å²) in [6, 6.07) is 22.4. The summed E-state index contributed by atoms with van der Waals surface area (Å²) >= 11 is 0. The van der Waals surface area contributed by atoms with Gasteiger partial charge < -0.3 is 14.7 Å². The molecule has 2 aliphatic heterocycles. The summed E-state index contributed by atoms with van der Waals surface area (Å²) in [5.41, 5.74) is 3.31. The van der Waals surface area contributed by atoms with Gasteiger partial charge in [0.2, 0.25) is 0 Å². The Balaban J connectivity index is 1.22. The number of hydrogen-bond acceptors (Lipinski definition) is 4. The Kier molecular flexibility index (Phi) is 5.54. The van der Waals surface area contributed by atoms with E-state index in [1.807, 2.05) is 30.3 Å². The summed E-state index contributed by atoms with van der Waals surface area (Å²) in [6.45, 7) is 0.242. The van der Waals surface area contributed by atoms with E-state index in [9.17, 15) is 19.6 Å². The Morgan fingerprint density at radius 3 is 2.22 bits per heavy atom. The van der Waals surface area contributed by atoms with Crippen LogP contribution in [0.5, 0.6) is 0 Å². The van der Waals surface area contributed by atoms with Crippen LogP contribution in [-0.2, 0) is 10.3 Å². The molecule has 1 N–H and O–H groups in total. The lowest BCUT2D eigenvalue weighted by Gasteiger charge is -2.51. The number of amides is 1. The van der Waals surface area contributed by atoms with Gasteiger partial charge >= 0.3 is 6.09 Å². The summed E-state index contributed by atoms with van der Waals surface area (Å²) in [5, 5.41) is 20.8. The van der Waals surface area contributed by atoms with Crippen LogP contribution in [0.1, 0.15) is 60.3 Å². The maximum absolute atomic E-state index is 15.0. The average molecular weight is 483 g/mol. The Morgan fingerprint density at radius 1 is 1.00 bits per heavy atom. The van der Waals surface area contributed by atoms with E-state index >= 15 is 0 Å². The number of benzene rings is 3. The SMILES string of the molecule is N#Cc1cccc(C2(O)CC3CCCC(C2)N3C(=O)OCC2c3ccccc3-c3ccccc32)c1F. The van der Waals surface area contributed by atoms with Crippen LogP contribution in [0.3, 0.4) is 0 Å². The Labute approximate surface area is 209 Å². The van der Waals surface area contributed by atoms with Crippen molar-refractivity contribution in [2.75, 3.05) is 6.61 Å². The highest BCUT2D eigenvalue weighted by molar-refractivity contribution is 5.79. The number of piperidine rings is 2. The lowest BCUT2D eigenvalue weighted by molar-refractivity contribution is -0.0906. The largest absolute Gasteiger partial charge is 0.448 e. The van der Waals surface area contributed by atoms with Crippen molar-refractivity contribution in [1.82, 2.24) is 4.90 Å². The lowest BCUT2D eigenvalue weighted by Crippen LogP contribution is -2.59. The second-order valence-electron chi connectivity index (χ2n) is 10.2. The fraction of sp³-hybridized carbons (Fsp3) is 0.333. The first kappa shape index (κ1) is 22.8. The molecular weight excluding hydrogens is 455 g/mol. The summed E-state index contributed by atoms with van der Waals surface area (Å²) in [6.07, 6.45) is 2.46. The third-order valence-electron chi connectivity index (χ3n) is 8.18. The van der Waals surface area contributed by atoms with Gasteiger partial charge in [0.05, 0.1) is 11.2 Å². The van der Waals surface area contributed by atoms with E-state index in [0.29, 0.717) is 0 Å². The molecule has 1 aliphatic carbocycles. The second kappa shape index (κ2) is 8.76. The fourth-order valence-corrected chi connectivity index (χ4v) is 6.59. The van der Waals surface area contributed by atoms with E-state index in [-0.39, 0.29) is 54.7 Å². The number of carbonyl (C=O) groups is 1. The van der Waals surface area contributed by atoms with Gasteiger partial charge in [0.25, 0.3) is 0 Å². The van der Waals surface area contributed by atoms with Gasteiger partial charge in [-0.25, -0.2) is 9.18 Å². The van der Waals surface area contributed by atoms with Crippen LogP contribution in [0, 0.1) is 17.1 Å². The van der Waals surface area contributed by atoms with Crippen molar-refractivity contribution in [1.29, 1.82) is 5.26 Å². The first-order valence-corrected chi connectivity index (χ1v) is 12.5. The van der Waals surface area contributed by atoms with Gasteiger partial charge in [-0.15, -0.1) is 0 Å². The average Bonchev–Trinajstić information content (AvgIpc) is 3.20. The Hall–Kier alpha value is -3.69. The van der Waals surface area contributed by atoms with E-state index in [1.165, 1.54) is 17.2 Å². The zero-order valence-corrected chi connectivity index (χ0v) is 19.9. The van der Waals surface area contributed by atoms with E-state index in [2.05, 4.69) is 24.3 Å². The van der Waals surface area contributed by atoms with E-state index < -0.39 is 11.4 Å². The van der Waals surface area contributed by atoms with Gasteiger partial charge in [0.1, 0.15) is 18.5 Å². The molecule has 5 nitrogen and oxygen atoms in total. The zero-order valence-electron chi connectivity index (χ0n) is 19.9. The number of halogens is 1. The summed E-state index contributed by atoms with van der Waals surface area (Å²) in [5.74, 6) is -0.694. The quantitative estimate of drug-likeness (QED) is 0.508. The molecule has 0 saturated carbocycles. The summed E-state index contributed by atoms with van der Waals surface area (Å²) < 4.78 is 20.9. The molecule has 2 bridgehead atoms. The second-order valence-corrected chi connectivity index (χ2v) is 10.2. The summed E-state index contributed by atoms with van der Waals surface area (Å²) in [4.78, 5) is 15.2. The zero-order chi connectivity index (χ0) is 24.9. The number of ether oxygens (including phenoxy) is 1. The number of carbonyl (C=O) groups excluding carboxylic acids is 1. The molecule has 2 saturated heterocycles. The van der Waals surface area contributed by atoms with E-state index in [4.69, 9.17) is 4.74 Å². The Bertz CT molecular complexity index is 1320. The van der Waals surface area contributed by atoms with Gasteiger partial charge in [-0.1, -0.05) is 60.7 Å². The number of rotatable bonds is 3. The highest BCUT2D eigenvalue weighted by atomic mass is 19.1. The molecule has 2 fully saturated rings. The molecule has 1 amide bonds. The maximum atomic E-state index is 15.0. The van der Waals surface area contributed by atoms with E-state index in [1.54, 1.807) is 17.0 Å². The van der Waals surface area contributed by atoms with Crippen molar-refractivity contribution in [3.05, 3.63) is 94.8 Å². The van der Waals surface area contributed by atoms with Crippen LogP contribution >= 0.6 is 0 Å². The van der Waals surface area contributed by atoms with Gasteiger partial charge in [0.15, 0.2) is 0 Å². The number of hydrogen-bond donors (Lipinski definition) is 1. The normalized spacial score (nSPS) is 24.5. The number of aliphatic hydroxyl groups is 1. The number of nitrogens with zero attached hydrogens (tertiary/aromatic N) is 2. The van der Waals surface area contributed by atoms with Crippen molar-refractivity contribution in [2.45, 2.75) is 55.7 Å². The first-order chi connectivity index (χ1) is 17.5. The van der Waals surface area contributed by atoms with Gasteiger partial charge in [-0.2, -0.15) is 5.26 Å². The molecule has 0 aromatic heterocycles. The Morgan fingerprint density at radius 2 is 1.61 bits per heavy atom. The third kappa shape index (κ3) is 3.58. The van der Waals surface area contributed by atoms with Crippen LogP contribution in [0.15, 0.2) is 66.7 Å². The molecule has 3 aromatic rings. The molecule has 0 radical (unpaired) electrons. The topological polar surface area (TPSA) is 73.6 Å². The van der Waals surface area contributed by atoms with Crippen LogP contribution in [0.25, 0.3) is 11.1 Å². The van der Waals surface area contributed by atoms with Gasteiger partial charge in [-0.3, -0.25) is 0 Å². The molecule has 2 heterocycles. The molecule has 2 unspecified atom stereocenters. The standard InChI is InChI=1S/C30H27FN2O3/c31-28-19(17-32)7-5-14-27(28)30(35)15-20-8-6-9-21(16-30)33(20)29(34)36-18-26-24-12-3-1-10-22(24)23-11-2-4-13-25(23)26/h1-5,7,10-14,20-21,26,35H,6,8-9,15-16,18H2. The molecule has 2 atom stereocenters. The molecule has 36 heavy (non-hydrogen) atoms. The third-order valence-corrected chi connectivity index (χ3v) is 8.18. The van der Waals surface area contributed by atoms with E-state index in [0.717, 1.165) is 30.4 Å². The minimum atomic E-state index is -1.42. The lowest BCUT2D eigenvalue weighted by atomic mass is 9.72. The number of fused-ring (bicyclic) bond motifs is 5. The summed E-state index contributed by atoms with van der Waals surface area (Å²) in [7, 11) is 0. The minimum Gasteiger partial charge on any atom is -0.448 e. The molecule has 3 aliphatic rings. The van der Waals surface area contributed by atoms with Crippen LogP contribution in [-0.4, -0.2) is 34.8 Å². The minimum absolute atomic E-state index is 0.0225. The number of nitriles is 1. The molecule has 0 spiro atoms. The van der Waals surface area contributed by atoms with Gasteiger partial charge in [-0.05, 0) is 47.6 Å². The smallest absolute Gasteiger partial charge is 0.410 e. The van der Waals surface area contributed by atoms with Crippen molar-refractivity contribution >= 4 is 6.09 Å². The molecular formula is C30H27FN2O3. The van der Waals surface area contributed by atoms with Crippen molar-refractivity contribution in [3.63, 3.8) is 0 Å². The molecule has 6 heteroatoms. The maximum Gasteiger partial charge on any atom is 0.410 e. The molecule has 182 valence electrons. The first-order valence-electron chi connectivity index (χ1n) is 12.5. The monoisotopic (exact) mass is 482 g/mol. The van der Waals surface area contributed by atoms with Crippen LogP contribution in [0.2, 0.25) is 0 Å². The highest BCUT2D eigenvalue weighted by Crippen LogP contribution is 2.47. The fourth-order valence-electron chi connectivity index (χ4n) is 6.59. The van der Waals surface area contributed by atoms with Crippen molar-refractivity contribution < 1.29 is 19.0 Å². The molecule has 6 rings (SSSR count). The van der Waals surface area contributed by atoms with Gasteiger partial charge in [0, 0.05) is 36.4 Å². The predicted octanol–water partition coefficient (Wildman–Crippen LogP) is 5.85. The van der Waals surface area contributed by atoms with Crippen LogP contribution < -0.4 is 0 Å². The molecule has 3 aromatic carbocycles. The van der Waals surface area contributed by atoms with Crippen LogP contribution in [0.4, 0.5) is 9.18 Å². The predicted molar refractivity (Wildman–Crippen MR) is 133 cm³/mol. The highest BCUT2D eigenvalue weighted by Gasteiger charge is 2.50.